The Morgan fingerprint density at radius 1 is 0.509 bits per heavy atom. The second-order valence-corrected chi connectivity index (χ2v) is 16.8. The van der Waals surface area contributed by atoms with Gasteiger partial charge in [-0.1, -0.05) is 86.6 Å². The normalized spacial score (nSPS) is 20.3. The molecule has 0 spiro atoms. The molecular formula is C39H30F6O6S2. The van der Waals surface area contributed by atoms with Gasteiger partial charge in [-0.25, -0.2) is 16.8 Å². The molecule has 53 heavy (non-hydrogen) atoms. The van der Waals surface area contributed by atoms with Crippen LogP contribution in [0.3, 0.4) is 0 Å². The molecule has 4 aromatic rings. The van der Waals surface area contributed by atoms with Crippen molar-refractivity contribution in [2.75, 3.05) is 0 Å². The minimum atomic E-state index is -6.09. The summed E-state index contributed by atoms with van der Waals surface area (Å²) in [7, 11) is -9.42. The van der Waals surface area contributed by atoms with Crippen molar-refractivity contribution in [2.24, 2.45) is 0 Å². The molecule has 2 heterocycles. The van der Waals surface area contributed by atoms with Crippen molar-refractivity contribution in [3.05, 3.63) is 128 Å². The monoisotopic (exact) mass is 772 g/mol. The van der Waals surface area contributed by atoms with E-state index in [1.165, 1.54) is 26.0 Å². The highest BCUT2D eigenvalue weighted by molar-refractivity contribution is 7.96. The molecule has 3 aliphatic rings. The van der Waals surface area contributed by atoms with Crippen LogP contribution in [-0.4, -0.2) is 44.8 Å². The lowest BCUT2D eigenvalue weighted by Gasteiger charge is -2.26. The molecule has 0 unspecified atom stereocenters. The molecule has 6 nitrogen and oxygen atoms in total. The predicted octanol–water partition coefficient (Wildman–Crippen LogP) is 8.74. The molecule has 4 aromatic carbocycles. The average molecular weight is 773 g/mol. The fourth-order valence-corrected chi connectivity index (χ4v) is 11.1. The molecule has 2 aliphatic heterocycles. The molecule has 276 valence electrons. The van der Waals surface area contributed by atoms with Crippen LogP contribution in [0.1, 0.15) is 48.9 Å². The third-order valence-electron chi connectivity index (χ3n) is 10.0. The highest BCUT2D eigenvalue weighted by atomic mass is 32.2. The van der Waals surface area contributed by atoms with Crippen LogP contribution in [-0.2, 0) is 32.9 Å². The number of hydrogen-bond acceptors (Lipinski definition) is 6. The minimum Gasteiger partial charge on any atom is -0.392 e. The molecule has 0 radical (unpaired) electrons. The largest absolute Gasteiger partial charge is 0.392 e. The second-order valence-electron chi connectivity index (χ2n) is 12.9. The van der Waals surface area contributed by atoms with Crippen molar-refractivity contribution < 1.29 is 53.4 Å². The topological polar surface area (TPSA) is 109 Å². The summed E-state index contributed by atoms with van der Waals surface area (Å²) in [6.07, 6.45) is -1.08. The maximum Gasteiger partial charge on any atom is 0.380 e. The van der Waals surface area contributed by atoms with Crippen LogP contribution in [0.2, 0.25) is 0 Å². The van der Waals surface area contributed by atoms with E-state index in [4.69, 9.17) is 0 Å². The van der Waals surface area contributed by atoms with Crippen LogP contribution in [0.15, 0.2) is 116 Å². The van der Waals surface area contributed by atoms with Gasteiger partial charge in [0.2, 0.25) is 19.7 Å². The van der Waals surface area contributed by atoms with E-state index >= 15 is 26.3 Å². The number of sulfone groups is 2. The third kappa shape index (κ3) is 5.05. The summed E-state index contributed by atoms with van der Waals surface area (Å²) in [5, 5.41) is 18.8. The summed E-state index contributed by atoms with van der Waals surface area (Å²) in [6.45, 7) is 1.99. The van der Waals surface area contributed by atoms with E-state index in [-0.39, 0.29) is 24.3 Å². The number of halogens is 6. The van der Waals surface area contributed by atoms with Crippen LogP contribution in [0.5, 0.6) is 0 Å². The standard InChI is InChI=1S/C39H30F6O6S2/c1-3-29-33(27-15-13-25(17-31(27)52(29,48)49)23-9-5-21(19-46)6-10-23)35-36(38(42,43)39(44,45)37(35,40)41)34-28-16-14-26(24-11-7-22(20-47)8-12-24)18-32(28)53(50,51)30(34)4-2/h5-18,46-47H,3-4,19-20H2,1-2H3. The van der Waals surface area contributed by atoms with Gasteiger partial charge in [-0.2, -0.15) is 26.3 Å². The summed E-state index contributed by atoms with van der Waals surface area (Å²) in [4.78, 5) is -2.70. The molecule has 7 rings (SSSR count). The summed E-state index contributed by atoms with van der Waals surface area (Å²) >= 11 is 0. The van der Waals surface area contributed by atoms with Crippen molar-refractivity contribution >= 4 is 30.8 Å². The Kier molecular flexibility index (Phi) is 8.53. The van der Waals surface area contributed by atoms with E-state index in [1.807, 2.05) is 0 Å². The van der Waals surface area contributed by atoms with Crippen LogP contribution in [0.25, 0.3) is 33.4 Å². The van der Waals surface area contributed by atoms with Gasteiger partial charge in [0.15, 0.2) is 0 Å². The van der Waals surface area contributed by atoms with Crippen LogP contribution >= 0.6 is 0 Å². The molecule has 0 bridgehead atoms. The molecule has 0 atom stereocenters. The lowest BCUT2D eigenvalue weighted by molar-refractivity contribution is -0.263. The second kappa shape index (κ2) is 12.3. The van der Waals surface area contributed by atoms with Gasteiger partial charge in [0.25, 0.3) is 0 Å². The first kappa shape index (κ1) is 36.8. The Labute approximate surface area is 301 Å². The molecule has 2 N–H and O–H groups in total. The SMILES string of the molecule is CCC1=C(C2=C(C3=C(CC)S(=O)(=O)c4cc(-c5ccc(CO)cc5)ccc43)C(F)(F)C(F)(F)C2(F)F)c2ccc(-c3ccc(CO)cc3)cc2S1(=O)=O. The Morgan fingerprint density at radius 2 is 0.830 bits per heavy atom. The highest BCUT2D eigenvalue weighted by Gasteiger charge is 2.81. The van der Waals surface area contributed by atoms with Crippen molar-refractivity contribution in [1.82, 2.24) is 0 Å². The lowest BCUT2D eigenvalue weighted by Crippen LogP contribution is -2.49. The maximum atomic E-state index is 16.3. The number of allylic oxidation sites excluding steroid dienone is 6. The number of alkyl halides is 6. The lowest BCUT2D eigenvalue weighted by atomic mass is 9.86. The van der Waals surface area contributed by atoms with E-state index in [2.05, 4.69) is 0 Å². The summed E-state index contributed by atoms with van der Waals surface area (Å²) in [5.41, 5.74) is -4.34. The van der Waals surface area contributed by atoms with Crippen molar-refractivity contribution in [2.45, 2.75) is 67.5 Å². The van der Waals surface area contributed by atoms with E-state index in [9.17, 15) is 27.0 Å². The number of benzene rings is 4. The van der Waals surface area contributed by atoms with Crippen molar-refractivity contribution in [3.8, 4) is 22.3 Å². The first-order chi connectivity index (χ1) is 24.9. The van der Waals surface area contributed by atoms with E-state index in [1.54, 1.807) is 48.5 Å². The minimum absolute atomic E-state index is 0.269. The molecule has 0 amide bonds. The van der Waals surface area contributed by atoms with Crippen LogP contribution in [0, 0.1) is 0 Å². The van der Waals surface area contributed by atoms with Crippen molar-refractivity contribution in [3.63, 3.8) is 0 Å². The van der Waals surface area contributed by atoms with E-state index in [0.717, 1.165) is 24.3 Å². The zero-order valence-electron chi connectivity index (χ0n) is 28.0. The van der Waals surface area contributed by atoms with Crippen LogP contribution in [0.4, 0.5) is 26.3 Å². The van der Waals surface area contributed by atoms with Crippen LogP contribution < -0.4 is 0 Å². The van der Waals surface area contributed by atoms with E-state index < -0.39 is 103 Å². The molecule has 0 saturated heterocycles. The van der Waals surface area contributed by atoms with Gasteiger partial charge in [-0.15, -0.1) is 0 Å². The van der Waals surface area contributed by atoms with Gasteiger partial charge >= 0.3 is 17.8 Å². The number of aliphatic hydroxyl groups is 2. The first-order valence-corrected chi connectivity index (χ1v) is 19.4. The summed E-state index contributed by atoms with van der Waals surface area (Å²) in [6, 6.07) is 19.7. The Hall–Kier alpha value is -4.50. The molecule has 14 heteroatoms. The summed E-state index contributed by atoms with van der Waals surface area (Å²) < 4.78 is 153. The predicted molar refractivity (Wildman–Crippen MR) is 186 cm³/mol. The summed E-state index contributed by atoms with van der Waals surface area (Å²) in [5.74, 6) is -17.4. The number of aliphatic hydroxyl groups excluding tert-OH is 2. The number of hydrogen-bond donors (Lipinski definition) is 2. The average Bonchev–Trinajstić information content (AvgIpc) is 3.54. The van der Waals surface area contributed by atoms with Gasteiger partial charge in [0.1, 0.15) is 0 Å². The molecule has 0 aromatic heterocycles. The molecule has 0 fully saturated rings. The maximum absolute atomic E-state index is 16.3. The van der Waals surface area contributed by atoms with Gasteiger partial charge in [0.05, 0.1) is 32.8 Å². The smallest absolute Gasteiger partial charge is 0.380 e. The van der Waals surface area contributed by atoms with Gasteiger partial charge in [-0.3, -0.25) is 0 Å². The quantitative estimate of drug-likeness (QED) is 0.174. The van der Waals surface area contributed by atoms with Crippen molar-refractivity contribution in [1.29, 1.82) is 0 Å². The Morgan fingerprint density at radius 3 is 1.13 bits per heavy atom. The zero-order chi connectivity index (χ0) is 38.5. The molecular weight excluding hydrogens is 743 g/mol. The van der Waals surface area contributed by atoms with Gasteiger partial charge in [0, 0.05) is 33.4 Å². The van der Waals surface area contributed by atoms with E-state index in [0.29, 0.717) is 22.3 Å². The number of fused-ring (bicyclic) bond motifs is 2. The zero-order valence-corrected chi connectivity index (χ0v) is 29.7. The fourth-order valence-electron chi connectivity index (χ4n) is 7.37. The first-order valence-electron chi connectivity index (χ1n) is 16.4. The molecule has 1 aliphatic carbocycles. The Bertz CT molecular complexity index is 2360. The third-order valence-corrected chi connectivity index (χ3v) is 14.2. The Balaban J connectivity index is 1.52. The van der Waals surface area contributed by atoms with Gasteiger partial charge < -0.3 is 10.2 Å². The number of rotatable bonds is 8. The highest BCUT2D eigenvalue weighted by Crippen LogP contribution is 2.67. The fraction of sp³-hybridized carbons (Fsp3) is 0.231. The van der Waals surface area contributed by atoms with Gasteiger partial charge in [-0.05, 0) is 58.4 Å². The molecule has 0 saturated carbocycles.